The first-order valence-electron chi connectivity index (χ1n) is 13.9. The number of fused-ring (bicyclic) bond motifs is 2. The minimum atomic E-state index is -0.254. The minimum Gasteiger partial charge on any atom is -0.497 e. The van der Waals surface area contributed by atoms with E-state index in [1.165, 1.54) is 7.11 Å². The van der Waals surface area contributed by atoms with Crippen LogP contribution in [0.1, 0.15) is 10.4 Å². The van der Waals surface area contributed by atoms with Crippen LogP contribution in [0.2, 0.25) is 0 Å². The lowest BCUT2D eigenvalue weighted by Crippen LogP contribution is -2.13. The number of carbonyl (C=O) groups is 1. The number of nitrogens with zero attached hydrogens (tertiary/aromatic N) is 2. The summed E-state index contributed by atoms with van der Waals surface area (Å²) in [5, 5.41) is 2.89. The third-order valence-electron chi connectivity index (χ3n) is 7.03. The third-order valence-corrected chi connectivity index (χ3v) is 7.03. The topological polar surface area (TPSA) is 131 Å². The molecule has 2 aromatic heterocycles. The number of benzene rings is 5. The van der Waals surface area contributed by atoms with Gasteiger partial charge in [0.15, 0.2) is 0 Å². The Balaban J connectivity index is 0.000000181. The molecule has 44 heavy (non-hydrogen) atoms. The van der Waals surface area contributed by atoms with Crippen molar-refractivity contribution < 1.29 is 14.3 Å². The number of methoxy groups -OCH3 is 2. The van der Waals surface area contributed by atoms with Crippen LogP contribution >= 0.6 is 0 Å². The molecule has 0 fully saturated rings. The van der Waals surface area contributed by atoms with Crippen molar-refractivity contribution in [2.24, 2.45) is 0 Å². The highest BCUT2D eigenvalue weighted by Gasteiger charge is 2.14. The summed E-state index contributed by atoms with van der Waals surface area (Å²) in [6.45, 7) is 0. The van der Waals surface area contributed by atoms with E-state index >= 15 is 0 Å². The van der Waals surface area contributed by atoms with E-state index in [1.807, 2.05) is 97.1 Å². The van der Waals surface area contributed by atoms with Crippen LogP contribution in [-0.2, 0) is 0 Å². The number of nitrogens with one attached hydrogen (secondary N) is 3. The molecule has 7 rings (SSSR count). The highest BCUT2D eigenvalue weighted by atomic mass is 16.5. The number of aromatic amines is 2. The molecule has 9 nitrogen and oxygen atoms in total. The highest BCUT2D eigenvalue weighted by Crippen LogP contribution is 2.27. The number of ether oxygens (including phenoxy) is 2. The summed E-state index contributed by atoms with van der Waals surface area (Å²) < 4.78 is 10.5. The Kier molecular flexibility index (Phi) is 7.92. The SMILES string of the molecule is COc1ccc(C(=O)Nc2ccc(-c3nc4ccccc4[nH]3)cc2)c(OC)c1.Nc1ccc(-c2nc3ccccc3[nH]2)cc1. The number of H-pyrrole nitrogens is 2. The standard InChI is InChI=1S/C22H19N3O3.C13H11N3/c1-27-16-11-12-17(20(13-16)28-2)22(26)23-15-9-7-14(8-10-15)21-24-18-5-3-4-6-19(18)25-21;14-10-7-5-9(6-8-10)13-15-11-3-1-2-4-12(11)16-13/h3-13H,1-2H3,(H,23,26)(H,24,25);1-8H,14H2,(H,15,16). The average Bonchev–Trinajstić information content (AvgIpc) is 3.70. The van der Waals surface area contributed by atoms with Gasteiger partial charge in [-0.15, -0.1) is 0 Å². The lowest BCUT2D eigenvalue weighted by Gasteiger charge is -2.11. The second-order valence-electron chi connectivity index (χ2n) is 9.92. The maximum Gasteiger partial charge on any atom is 0.259 e. The van der Waals surface area contributed by atoms with Gasteiger partial charge in [-0.1, -0.05) is 24.3 Å². The largest absolute Gasteiger partial charge is 0.497 e. The Morgan fingerprint density at radius 2 is 1.23 bits per heavy atom. The van der Waals surface area contributed by atoms with Crippen LogP contribution in [0.3, 0.4) is 0 Å². The Morgan fingerprint density at radius 3 is 1.75 bits per heavy atom. The minimum absolute atomic E-state index is 0.254. The molecule has 2 heterocycles. The highest BCUT2D eigenvalue weighted by molar-refractivity contribution is 6.06. The molecule has 0 bridgehead atoms. The number of anilines is 2. The van der Waals surface area contributed by atoms with E-state index < -0.39 is 0 Å². The van der Waals surface area contributed by atoms with E-state index in [4.69, 9.17) is 15.2 Å². The molecule has 0 unspecified atom stereocenters. The maximum absolute atomic E-state index is 12.6. The van der Waals surface area contributed by atoms with Crippen molar-refractivity contribution in [2.45, 2.75) is 0 Å². The molecular weight excluding hydrogens is 552 g/mol. The summed E-state index contributed by atoms with van der Waals surface area (Å²) in [6, 6.07) is 36.1. The molecular formula is C35H30N6O3. The number of nitrogens with two attached hydrogens (primary N) is 1. The Bertz CT molecular complexity index is 1980. The predicted octanol–water partition coefficient (Wildman–Crippen LogP) is 7.31. The number of imidazole rings is 2. The van der Waals surface area contributed by atoms with Crippen LogP contribution in [-0.4, -0.2) is 40.1 Å². The lowest BCUT2D eigenvalue weighted by molar-refractivity contribution is 0.102. The number of carbonyl (C=O) groups excluding carboxylic acids is 1. The zero-order valence-electron chi connectivity index (χ0n) is 24.2. The van der Waals surface area contributed by atoms with E-state index in [-0.39, 0.29) is 5.91 Å². The molecule has 7 aromatic rings. The van der Waals surface area contributed by atoms with Crippen molar-refractivity contribution in [2.75, 3.05) is 25.3 Å². The lowest BCUT2D eigenvalue weighted by atomic mass is 10.1. The van der Waals surface area contributed by atoms with E-state index in [9.17, 15) is 4.79 Å². The fourth-order valence-electron chi connectivity index (χ4n) is 4.72. The number of rotatable bonds is 6. The van der Waals surface area contributed by atoms with Gasteiger partial charge >= 0.3 is 0 Å². The molecule has 0 saturated carbocycles. The first-order valence-corrected chi connectivity index (χ1v) is 13.9. The predicted molar refractivity (Wildman–Crippen MR) is 175 cm³/mol. The zero-order valence-corrected chi connectivity index (χ0v) is 24.2. The van der Waals surface area contributed by atoms with Gasteiger partial charge in [0.2, 0.25) is 0 Å². The number of hydrogen-bond acceptors (Lipinski definition) is 6. The fourth-order valence-corrected chi connectivity index (χ4v) is 4.72. The first kappa shape index (κ1) is 28.0. The van der Waals surface area contributed by atoms with E-state index in [2.05, 4.69) is 25.3 Å². The van der Waals surface area contributed by atoms with Gasteiger partial charge in [0.1, 0.15) is 23.1 Å². The molecule has 0 aliphatic rings. The van der Waals surface area contributed by atoms with Gasteiger partial charge in [-0.05, 0) is 84.9 Å². The second kappa shape index (κ2) is 12.4. The third kappa shape index (κ3) is 6.07. The fraction of sp³-hybridized carbons (Fsp3) is 0.0571. The zero-order chi connectivity index (χ0) is 30.5. The molecule has 218 valence electrons. The van der Waals surface area contributed by atoms with Gasteiger partial charge < -0.3 is 30.5 Å². The van der Waals surface area contributed by atoms with Crippen LogP contribution in [0.5, 0.6) is 11.5 Å². The van der Waals surface area contributed by atoms with Crippen LogP contribution < -0.4 is 20.5 Å². The quantitative estimate of drug-likeness (QED) is 0.152. The van der Waals surface area contributed by atoms with Crippen LogP contribution in [0.25, 0.3) is 44.8 Å². The molecule has 0 aliphatic carbocycles. The Labute approximate surface area is 253 Å². The molecule has 0 saturated heterocycles. The monoisotopic (exact) mass is 582 g/mol. The van der Waals surface area contributed by atoms with Gasteiger partial charge in [-0.25, -0.2) is 9.97 Å². The summed E-state index contributed by atoms with van der Waals surface area (Å²) in [7, 11) is 3.09. The number of aromatic nitrogens is 4. The van der Waals surface area contributed by atoms with Gasteiger partial charge in [-0.2, -0.15) is 0 Å². The normalized spacial score (nSPS) is 10.7. The van der Waals surface area contributed by atoms with Gasteiger partial charge in [0, 0.05) is 28.6 Å². The van der Waals surface area contributed by atoms with E-state index in [0.29, 0.717) is 22.7 Å². The van der Waals surface area contributed by atoms with Crippen molar-refractivity contribution in [3.63, 3.8) is 0 Å². The number of para-hydroxylation sites is 4. The second-order valence-corrected chi connectivity index (χ2v) is 9.92. The van der Waals surface area contributed by atoms with Crippen molar-refractivity contribution in [1.82, 2.24) is 19.9 Å². The van der Waals surface area contributed by atoms with Crippen LogP contribution in [0.4, 0.5) is 11.4 Å². The summed E-state index contributed by atoms with van der Waals surface area (Å²) >= 11 is 0. The summed E-state index contributed by atoms with van der Waals surface area (Å²) in [5.41, 5.74) is 13.5. The molecule has 0 spiro atoms. The van der Waals surface area contributed by atoms with Crippen molar-refractivity contribution in [3.05, 3.63) is 121 Å². The Morgan fingerprint density at radius 1 is 0.682 bits per heavy atom. The van der Waals surface area contributed by atoms with Crippen LogP contribution in [0, 0.1) is 0 Å². The van der Waals surface area contributed by atoms with E-state index in [0.717, 1.165) is 50.5 Å². The maximum atomic E-state index is 12.6. The molecule has 1 amide bonds. The van der Waals surface area contributed by atoms with E-state index in [1.54, 1.807) is 25.3 Å². The average molecular weight is 583 g/mol. The molecule has 0 atom stereocenters. The van der Waals surface area contributed by atoms with Gasteiger partial charge in [-0.3, -0.25) is 4.79 Å². The van der Waals surface area contributed by atoms with Gasteiger partial charge in [0.05, 0.1) is 41.8 Å². The number of amides is 1. The first-order chi connectivity index (χ1) is 21.5. The molecule has 0 aliphatic heterocycles. The molecule has 0 radical (unpaired) electrons. The molecule has 5 aromatic carbocycles. The van der Waals surface area contributed by atoms with Crippen molar-refractivity contribution in [3.8, 4) is 34.3 Å². The van der Waals surface area contributed by atoms with Crippen LogP contribution in [0.15, 0.2) is 115 Å². The smallest absolute Gasteiger partial charge is 0.259 e. The van der Waals surface area contributed by atoms with Crippen molar-refractivity contribution in [1.29, 1.82) is 0 Å². The molecule has 5 N–H and O–H groups in total. The molecule has 9 heteroatoms. The summed E-state index contributed by atoms with van der Waals surface area (Å²) in [5.74, 6) is 2.49. The summed E-state index contributed by atoms with van der Waals surface area (Å²) in [6.07, 6.45) is 0. The Hall–Kier alpha value is -6.09. The number of nitrogen functional groups attached to an aromatic ring is 1. The summed E-state index contributed by atoms with van der Waals surface area (Å²) in [4.78, 5) is 28.3. The van der Waals surface area contributed by atoms with Gasteiger partial charge in [0.25, 0.3) is 5.91 Å². The number of hydrogen-bond donors (Lipinski definition) is 4. The van der Waals surface area contributed by atoms with Crippen molar-refractivity contribution >= 4 is 39.3 Å².